The number of alkyl carbamates (subject to hydrolysis) is 1. The predicted molar refractivity (Wildman–Crippen MR) is 135 cm³/mol. The second-order valence-corrected chi connectivity index (χ2v) is 10.5. The zero-order valence-corrected chi connectivity index (χ0v) is 21.2. The first kappa shape index (κ1) is 26.1. The van der Waals surface area contributed by atoms with Crippen molar-refractivity contribution in [1.29, 1.82) is 0 Å². The number of fused-ring (bicyclic) bond motifs is 1. The molecule has 2 aromatic rings. The highest BCUT2D eigenvalue weighted by molar-refractivity contribution is 5.99. The summed E-state index contributed by atoms with van der Waals surface area (Å²) < 4.78 is 10.6. The average Bonchev–Trinajstić information content (AvgIpc) is 2.88. The summed E-state index contributed by atoms with van der Waals surface area (Å²) in [5.74, 6) is -0.226. The molecule has 188 valence electrons. The van der Waals surface area contributed by atoms with Crippen molar-refractivity contribution >= 4 is 23.6 Å². The monoisotopic (exact) mass is 481 g/mol. The van der Waals surface area contributed by atoms with E-state index in [0.717, 1.165) is 16.8 Å². The van der Waals surface area contributed by atoms with Gasteiger partial charge in [0.05, 0.1) is 7.11 Å². The van der Waals surface area contributed by atoms with E-state index in [-0.39, 0.29) is 24.2 Å². The van der Waals surface area contributed by atoms with Gasteiger partial charge in [0.25, 0.3) is 0 Å². The minimum absolute atomic E-state index is 0.0295. The van der Waals surface area contributed by atoms with Gasteiger partial charge in [-0.15, -0.1) is 0 Å². The van der Waals surface area contributed by atoms with Crippen LogP contribution in [-0.2, 0) is 20.7 Å². The Balaban J connectivity index is 1.81. The lowest BCUT2D eigenvalue weighted by Gasteiger charge is -2.30. The Bertz CT molecular complexity index is 1070. The molecule has 0 saturated heterocycles. The van der Waals surface area contributed by atoms with E-state index in [1.165, 1.54) is 0 Å². The minimum Gasteiger partial charge on any atom is -0.497 e. The second-order valence-electron chi connectivity index (χ2n) is 10.5. The van der Waals surface area contributed by atoms with Crippen LogP contribution in [0.25, 0.3) is 0 Å². The Hall–Kier alpha value is -3.55. The Morgan fingerprint density at radius 1 is 1.03 bits per heavy atom. The van der Waals surface area contributed by atoms with Gasteiger partial charge in [-0.3, -0.25) is 9.59 Å². The number of hydrogen-bond donors (Lipinski definition) is 3. The molecule has 1 aliphatic heterocycles. The molecule has 8 nitrogen and oxygen atoms in total. The summed E-state index contributed by atoms with van der Waals surface area (Å²) >= 11 is 0. The summed E-state index contributed by atoms with van der Waals surface area (Å²) in [6.45, 7) is 8.79. The van der Waals surface area contributed by atoms with E-state index in [1.807, 2.05) is 48.5 Å². The van der Waals surface area contributed by atoms with Gasteiger partial charge in [-0.1, -0.05) is 30.3 Å². The molecule has 2 unspecified atom stereocenters. The Morgan fingerprint density at radius 2 is 1.69 bits per heavy atom. The average molecular weight is 482 g/mol. The van der Waals surface area contributed by atoms with E-state index in [9.17, 15) is 14.4 Å². The third-order valence-corrected chi connectivity index (χ3v) is 5.70. The fraction of sp³-hybridized carbons (Fsp3) is 0.444. The van der Waals surface area contributed by atoms with Crippen molar-refractivity contribution in [1.82, 2.24) is 10.6 Å². The molecule has 35 heavy (non-hydrogen) atoms. The number of carbonyl (C=O) groups is 3. The van der Waals surface area contributed by atoms with Crippen LogP contribution in [0.15, 0.2) is 48.5 Å². The van der Waals surface area contributed by atoms with E-state index in [2.05, 4.69) is 16.0 Å². The third kappa shape index (κ3) is 7.21. The molecule has 1 heterocycles. The van der Waals surface area contributed by atoms with E-state index in [4.69, 9.17) is 9.47 Å². The summed E-state index contributed by atoms with van der Waals surface area (Å²) in [5, 5.41) is 8.61. The number of ether oxygens (including phenoxy) is 2. The van der Waals surface area contributed by atoms with Crippen molar-refractivity contribution in [3.63, 3.8) is 0 Å². The van der Waals surface area contributed by atoms with Gasteiger partial charge in [0.2, 0.25) is 11.8 Å². The van der Waals surface area contributed by atoms with E-state index in [1.54, 1.807) is 41.7 Å². The van der Waals surface area contributed by atoms with Crippen molar-refractivity contribution in [2.24, 2.45) is 0 Å². The molecule has 3 amide bonds. The fourth-order valence-electron chi connectivity index (χ4n) is 4.15. The van der Waals surface area contributed by atoms with Crippen LogP contribution in [0, 0.1) is 0 Å². The molecule has 0 fully saturated rings. The maximum Gasteiger partial charge on any atom is 0.408 e. The number of hydrogen-bond acceptors (Lipinski definition) is 5. The molecule has 0 radical (unpaired) electrons. The lowest BCUT2D eigenvalue weighted by Crippen LogP contribution is -2.52. The van der Waals surface area contributed by atoms with Crippen LogP contribution in [0.1, 0.15) is 58.1 Å². The molecule has 2 aromatic carbocycles. The Morgan fingerprint density at radius 3 is 2.31 bits per heavy atom. The number of para-hydroxylation sites is 1. The van der Waals surface area contributed by atoms with Gasteiger partial charge < -0.3 is 25.4 Å². The first-order valence-electron chi connectivity index (χ1n) is 11.7. The molecule has 1 aliphatic rings. The minimum atomic E-state index is -0.883. The predicted octanol–water partition coefficient (Wildman–Crippen LogP) is 4.15. The number of methoxy groups -OCH3 is 1. The van der Waals surface area contributed by atoms with Crippen LogP contribution >= 0.6 is 0 Å². The molecular weight excluding hydrogens is 446 g/mol. The Labute approximate surface area is 206 Å². The molecule has 2 atom stereocenters. The van der Waals surface area contributed by atoms with E-state index >= 15 is 0 Å². The molecule has 0 aliphatic carbocycles. The van der Waals surface area contributed by atoms with Gasteiger partial charge in [-0.25, -0.2) is 4.79 Å². The third-order valence-electron chi connectivity index (χ3n) is 5.70. The lowest BCUT2D eigenvalue weighted by atomic mass is 9.86. The van der Waals surface area contributed by atoms with Crippen LogP contribution < -0.4 is 20.7 Å². The molecule has 0 saturated carbocycles. The van der Waals surface area contributed by atoms with Crippen molar-refractivity contribution in [2.75, 3.05) is 12.4 Å². The number of anilines is 1. The standard InChI is InChI=1S/C27H35N3O5/c1-26(2,3)35-25(33)30-27(4,5)16-22(31)29-23-20(17-11-13-19(34-6)14-12-17)15-18-9-7-8-10-21(18)28-24(23)32/h7-14,20,23H,15-16H2,1-6H3,(H,28,32)(H,29,31)(H,30,33). The van der Waals surface area contributed by atoms with E-state index < -0.39 is 23.3 Å². The van der Waals surface area contributed by atoms with Crippen LogP contribution in [0.2, 0.25) is 0 Å². The maximum absolute atomic E-state index is 13.3. The number of amides is 3. The summed E-state index contributed by atoms with van der Waals surface area (Å²) in [7, 11) is 1.60. The molecule has 0 bridgehead atoms. The molecule has 0 spiro atoms. The first-order valence-corrected chi connectivity index (χ1v) is 11.7. The van der Waals surface area contributed by atoms with Gasteiger partial charge in [0, 0.05) is 23.6 Å². The van der Waals surface area contributed by atoms with Crippen LogP contribution in [0.3, 0.4) is 0 Å². The topological polar surface area (TPSA) is 106 Å². The molecule has 8 heteroatoms. The number of nitrogens with one attached hydrogen (secondary N) is 3. The summed E-state index contributed by atoms with van der Waals surface area (Å²) in [6.07, 6.45) is -0.0709. The lowest BCUT2D eigenvalue weighted by molar-refractivity contribution is -0.127. The van der Waals surface area contributed by atoms with Gasteiger partial charge in [0.15, 0.2) is 0 Å². The van der Waals surface area contributed by atoms with Crippen molar-refractivity contribution in [3.8, 4) is 5.75 Å². The first-order chi connectivity index (χ1) is 16.4. The van der Waals surface area contributed by atoms with Crippen molar-refractivity contribution in [2.45, 2.75) is 70.6 Å². The Kier molecular flexibility index (Phi) is 7.73. The van der Waals surface area contributed by atoms with E-state index in [0.29, 0.717) is 12.2 Å². The largest absolute Gasteiger partial charge is 0.497 e. The maximum atomic E-state index is 13.3. The van der Waals surface area contributed by atoms with Gasteiger partial charge in [0.1, 0.15) is 17.4 Å². The van der Waals surface area contributed by atoms with Crippen LogP contribution in [0.4, 0.5) is 10.5 Å². The SMILES string of the molecule is COc1ccc(C2Cc3ccccc3NC(=O)C2NC(=O)CC(C)(C)NC(=O)OC(C)(C)C)cc1. The highest BCUT2D eigenvalue weighted by atomic mass is 16.6. The van der Waals surface area contributed by atoms with Crippen molar-refractivity contribution < 1.29 is 23.9 Å². The van der Waals surface area contributed by atoms with Gasteiger partial charge in [-0.2, -0.15) is 0 Å². The second kappa shape index (κ2) is 10.4. The number of rotatable bonds is 6. The highest BCUT2D eigenvalue weighted by Gasteiger charge is 2.36. The van der Waals surface area contributed by atoms with Gasteiger partial charge >= 0.3 is 6.09 Å². The summed E-state index contributed by atoms with van der Waals surface area (Å²) in [4.78, 5) is 38.6. The quantitative estimate of drug-likeness (QED) is 0.575. The normalized spacial score (nSPS) is 17.9. The van der Waals surface area contributed by atoms with Crippen LogP contribution in [0.5, 0.6) is 5.75 Å². The molecule has 0 aromatic heterocycles. The molecular formula is C27H35N3O5. The molecule has 3 rings (SSSR count). The highest BCUT2D eigenvalue weighted by Crippen LogP contribution is 2.33. The summed E-state index contributed by atoms with van der Waals surface area (Å²) in [5.41, 5.74) is 1.10. The smallest absolute Gasteiger partial charge is 0.408 e. The van der Waals surface area contributed by atoms with Crippen molar-refractivity contribution in [3.05, 3.63) is 59.7 Å². The zero-order valence-electron chi connectivity index (χ0n) is 21.2. The number of carbonyl (C=O) groups excluding carboxylic acids is 3. The summed E-state index contributed by atoms with van der Waals surface area (Å²) in [6, 6.07) is 14.3. The van der Waals surface area contributed by atoms with Crippen LogP contribution in [-0.4, -0.2) is 42.2 Å². The number of benzene rings is 2. The zero-order chi connectivity index (χ0) is 25.8. The molecule has 3 N–H and O–H groups in total. The fourth-order valence-corrected chi connectivity index (χ4v) is 4.15. The van der Waals surface area contributed by atoms with Gasteiger partial charge in [-0.05, 0) is 70.4 Å².